The van der Waals surface area contributed by atoms with Gasteiger partial charge in [0.2, 0.25) is 0 Å². The molecule has 0 radical (unpaired) electrons. The Kier molecular flexibility index (Phi) is 7.98. The molecule has 4 aromatic heterocycles. The first-order valence-corrected chi connectivity index (χ1v) is 12.7. The Bertz CT molecular complexity index is 1830. The standard InChI is InChI=1S/C28H21N7.C2HF3O2/c29-17-18-9-11-20(12-10-18)25-21(19-6-2-1-3-7-19)16-22-23(32-25)13-15-31-26(22)28-33-27(34-35-28)24-8-4-5-14-30-24;3-2(4,5)1(6)7/h1-16H,17,29H2,(H,33,34,35);(H,6,7)/p+1. The van der Waals surface area contributed by atoms with Crippen molar-refractivity contribution in [1.82, 2.24) is 25.1 Å². The number of carbonyl (C=O) groups is 1. The van der Waals surface area contributed by atoms with Gasteiger partial charge in [0.15, 0.2) is 0 Å². The second kappa shape index (κ2) is 11.9. The number of nitrogens with zero attached hydrogens (tertiary/aromatic N) is 4. The predicted molar refractivity (Wildman–Crippen MR) is 145 cm³/mol. The highest BCUT2D eigenvalue weighted by atomic mass is 19.4. The number of aromatic amines is 2. The number of carbonyl (C=O) groups excluding carboxylic acids is 1. The van der Waals surface area contributed by atoms with Crippen molar-refractivity contribution in [2.45, 2.75) is 12.7 Å². The molecule has 9 nitrogen and oxygen atoms in total. The minimum atomic E-state index is -5.19. The van der Waals surface area contributed by atoms with Crippen LogP contribution in [-0.2, 0) is 11.3 Å². The van der Waals surface area contributed by atoms with Crippen LogP contribution in [0, 0.1) is 0 Å². The molecule has 12 heteroatoms. The molecule has 0 saturated carbocycles. The summed E-state index contributed by atoms with van der Waals surface area (Å²) in [7, 11) is 0. The van der Waals surface area contributed by atoms with Gasteiger partial charge in [0.05, 0.1) is 17.8 Å². The van der Waals surface area contributed by atoms with Crippen molar-refractivity contribution in [2.75, 3.05) is 0 Å². The van der Waals surface area contributed by atoms with Gasteiger partial charge in [-0.1, -0.05) is 60.7 Å². The number of hydrogen-bond donors (Lipinski definition) is 2. The summed E-state index contributed by atoms with van der Waals surface area (Å²) in [6.07, 6.45) is -1.67. The third-order valence-electron chi connectivity index (χ3n) is 6.24. The molecule has 0 unspecified atom stereocenters. The smallest absolute Gasteiger partial charge is 0.430 e. The van der Waals surface area contributed by atoms with E-state index in [4.69, 9.17) is 14.9 Å². The highest BCUT2D eigenvalue weighted by Crippen LogP contribution is 2.35. The summed E-state index contributed by atoms with van der Waals surface area (Å²) in [4.78, 5) is 26.3. The van der Waals surface area contributed by atoms with E-state index < -0.39 is 12.1 Å². The molecule has 210 valence electrons. The maximum Gasteiger partial charge on any atom is 0.430 e. The zero-order valence-electron chi connectivity index (χ0n) is 21.9. The number of benzene rings is 2. The maximum atomic E-state index is 10.5. The molecule has 0 fully saturated rings. The van der Waals surface area contributed by atoms with Crippen LogP contribution in [0.5, 0.6) is 0 Å². The number of rotatable bonds is 5. The summed E-state index contributed by atoms with van der Waals surface area (Å²) < 4.78 is 31.5. The lowest BCUT2D eigenvalue weighted by atomic mass is 9.96. The molecular formula is C30H23F3N7O2+. The van der Waals surface area contributed by atoms with E-state index in [9.17, 15) is 13.2 Å². The van der Waals surface area contributed by atoms with Gasteiger partial charge in [0.25, 0.3) is 5.82 Å². The van der Waals surface area contributed by atoms with E-state index in [0.29, 0.717) is 11.6 Å². The molecule has 5 N–H and O–H groups in total. The van der Waals surface area contributed by atoms with Crippen LogP contribution in [0.15, 0.2) is 97.3 Å². The SMILES string of the molecule is O=C([O-])C(F)(F)F.[NH3+]Cc1ccc(-c2nc3ccnc(-c4[nH]nc(-c5ccccn5)[nH+]4)c3cc2-c2ccccc2)cc1. The average Bonchev–Trinajstić information content (AvgIpc) is 3.51. The summed E-state index contributed by atoms with van der Waals surface area (Å²) in [5.74, 6) is -1.66. The molecule has 0 bridgehead atoms. The van der Waals surface area contributed by atoms with Crippen molar-refractivity contribution < 1.29 is 33.8 Å². The van der Waals surface area contributed by atoms with Crippen LogP contribution in [-0.4, -0.2) is 37.3 Å². The molecule has 4 heterocycles. The molecule has 0 aliphatic carbocycles. The van der Waals surface area contributed by atoms with E-state index in [-0.39, 0.29) is 0 Å². The first-order valence-electron chi connectivity index (χ1n) is 12.7. The average molecular weight is 571 g/mol. The maximum absolute atomic E-state index is 10.5. The number of carboxylic acid groups (broad SMARTS) is 1. The summed E-state index contributed by atoms with van der Waals surface area (Å²) in [5.41, 5.74) is 11.7. The Balaban J connectivity index is 0.000000451. The van der Waals surface area contributed by atoms with E-state index in [1.165, 1.54) is 5.56 Å². The Hall–Kier alpha value is -5.49. The molecule has 2 aromatic carbocycles. The van der Waals surface area contributed by atoms with Crippen molar-refractivity contribution in [2.24, 2.45) is 0 Å². The quantitative estimate of drug-likeness (QED) is 0.325. The number of hydrogen-bond acceptors (Lipinski definition) is 6. The van der Waals surface area contributed by atoms with E-state index in [2.05, 4.69) is 73.3 Å². The third-order valence-corrected chi connectivity index (χ3v) is 6.24. The number of alkyl halides is 3. The monoisotopic (exact) mass is 570 g/mol. The molecule has 0 spiro atoms. The Labute approximate surface area is 237 Å². The Morgan fingerprint density at radius 1 is 0.881 bits per heavy atom. The number of pyridine rings is 3. The largest absolute Gasteiger partial charge is 0.542 e. The number of H-pyrrole nitrogens is 2. The normalized spacial score (nSPS) is 11.1. The molecule has 0 saturated heterocycles. The fourth-order valence-corrected chi connectivity index (χ4v) is 4.20. The number of halogens is 3. The Morgan fingerprint density at radius 2 is 1.60 bits per heavy atom. The Morgan fingerprint density at radius 3 is 2.24 bits per heavy atom. The second-order valence-electron chi connectivity index (χ2n) is 9.00. The summed E-state index contributed by atoms with van der Waals surface area (Å²) in [5, 5.41) is 17.2. The van der Waals surface area contributed by atoms with Crippen LogP contribution >= 0.6 is 0 Å². The lowest BCUT2D eigenvalue weighted by Gasteiger charge is -2.12. The van der Waals surface area contributed by atoms with Gasteiger partial charge in [-0.15, -0.1) is 5.10 Å². The van der Waals surface area contributed by atoms with Crippen LogP contribution in [0.3, 0.4) is 0 Å². The van der Waals surface area contributed by atoms with Gasteiger partial charge in [-0.2, -0.15) is 13.2 Å². The molecule has 6 aromatic rings. The number of carboxylic acids is 1. The fraction of sp³-hybridized carbons (Fsp3) is 0.0667. The number of aliphatic carboxylic acids is 1. The van der Waals surface area contributed by atoms with Crippen LogP contribution < -0.4 is 15.8 Å². The lowest BCUT2D eigenvalue weighted by Crippen LogP contribution is -2.47. The number of aromatic nitrogens is 6. The molecule has 0 aliphatic heterocycles. The van der Waals surface area contributed by atoms with E-state index in [1.807, 2.05) is 42.5 Å². The van der Waals surface area contributed by atoms with Crippen LogP contribution in [0.1, 0.15) is 5.56 Å². The second-order valence-corrected chi connectivity index (χ2v) is 9.00. The lowest BCUT2D eigenvalue weighted by molar-refractivity contribution is -0.386. The highest BCUT2D eigenvalue weighted by molar-refractivity contribution is 5.97. The van der Waals surface area contributed by atoms with Gasteiger partial charge in [0, 0.05) is 39.6 Å². The van der Waals surface area contributed by atoms with Gasteiger partial charge < -0.3 is 15.6 Å². The molecule has 0 aliphatic rings. The first kappa shape index (κ1) is 28.1. The van der Waals surface area contributed by atoms with Crippen LogP contribution in [0.2, 0.25) is 0 Å². The molecule has 0 amide bonds. The fourth-order valence-electron chi connectivity index (χ4n) is 4.20. The molecular weight excluding hydrogens is 547 g/mol. The van der Waals surface area contributed by atoms with Crippen molar-refractivity contribution in [3.05, 3.63) is 103 Å². The van der Waals surface area contributed by atoms with Crippen molar-refractivity contribution in [3.63, 3.8) is 0 Å². The minimum Gasteiger partial charge on any atom is -0.542 e. The van der Waals surface area contributed by atoms with E-state index in [0.717, 1.165) is 51.2 Å². The van der Waals surface area contributed by atoms with Crippen LogP contribution in [0.25, 0.3) is 56.3 Å². The van der Waals surface area contributed by atoms with Crippen molar-refractivity contribution in [3.8, 4) is 45.4 Å². The first-order chi connectivity index (χ1) is 20.2. The number of quaternary nitrogens is 1. The molecule has 6 rings (SSSR count). The van der Waals surface area contributed by atoms with E-state index in [1.54, 1.807) is 12.4 Å². The third kappa shape index (κ3) is 6.13. The van der Waals surface area contributed by atoms with E-state index >= 15 is 0 Å². The van der Waals surface area contributed by atoms with Crippen molar-refractivity contribution in [1.29, 1.82) is 0 Å². The molecule has 42 heavy (non-hydrogen) atoms. The predicted octanol–water partition coefficient (Wildman–Crippen LogP) is 3.27. The highest BCUT2D eigenvalue weighted by Gasteiger charge is 2.28. The number of nitrogens with one attached hydrogen (secondary N) is 2. The number of fused-ring (bicyclic) bond motifs is 1. The van der Waals surface area contributed by atoms with Gasteiger partial charge in [-0.25, -0.2) is 19.9 Å². The summed E-state index contributed by atoms with van der Waals surface area (Å²) in [6, 6.07) is 28.6. The van der Waals surface area contributed by atoms with Crippen LogP contribution in [0.4, 0.5) is 13.2 Å². The minimum absolute atomic E-state index is 0.651. The van der Waals surface area contributed by atoms with Crippen molar-refractivity contribution >= 4 is 16.9 Å². The molecule has 0 atom stereocenters. The summed E-state index contributed by atoms with van der Waals surface area (Å²) in [6.45, 7) is 0.757. The van der Waals surface area contributed by atoms with Gasteiger partial charge in [-0.05, 0) is 29.8 Å². The summed E-state index contributed by atoms with van der Waals surface area (Å²) >= 11 is 0. The van der Waals surface area contributed by atoms with Gasteiger partial charge in [0.1, 0.15) is 17.4 Å². The zero-order chi connectivity index (χ0) is 29.7. The zero-order valence-corrected chi connectivity index (χ0v) is 21.9. The topological polar surface area (TPSA) is 149 Å². The van der Waals surface area contributed by atoms with Gasteiger partial charge >= 0.3 is 12.0 Å². The van der Waals surface area contributed by atoms with Gasteiger partial charge in [-0.3, -0.25) is 0 Å².